The monoisotopic (exact) mass is 817 g/mol. The molecule has 3 heterocycles. The van der Waals surface area contributed by atoms with Crippen molar-refractivity contribution in [2.45, 2.75) is 13.8 Å². The lowest BCUT2D eigenvalue weighted by molar-refractivity contribution is 1.07. The maximum atomic E-state index is 9.62. The molecule has 0 saturated carbocycles. The highest BCUT2D eigenvalue weighted by Crippen LogP contribution is 2.46. The number of rotatable bonds is 6. The van der Waals surface area contributed by atoms with Crippen molar-refractivity contribution in [1.82, 2.24) is 24.9 Å². The Morgan fingerprint density at radius 1 is 0.406 bits per heavy atom. The minimum Gasteiger partial charge on any atom is -0.247 e. The van der Waals surface area contributed by atoms with E-state index in [0.717, 1.165) is 105 Å². The molecule has 0 atom stereocenters. The van der Waals surface area contributed by atoms with Crippen molar-refractivity contribution in [1.29, 1.82) is 5.26 Å². The quantitative estimate of drug-likeness (QED) is 0.0942. The van der Waals surface area contributed by atoms with E-state index in [1.165, 1.54) is 0 Å². The second-order valence-corrected chi connectivity index (χ2v) is 15.9. The molecule has 0 saturated heterocycles. The standard InChI is InChI=1S/C57H35N7/c1-34-49-45-19-10-11-20-47(45)60-53(37-23-21-36(33-58)22-24-37)51(49)35(2)50-46-30-27-42(32-48(46)61-54(52(34)50)38-25-28-44(59-3)29-26-38)41-17-12-18-43(31-41)57-63-55(39-13-6-4-7-14-39)62-56(64-57)40-15-8-5-9-16-40/h4-32H,1-2H3. The fraction of sp³-hybridized carbons (Fsp3) is 0.0351. The third kappa shape index (κ3) is 6.48. The van der Waals surface area contributed by atoms with Crippen molar-refractivity contribution in [3.8, 4) is 73.9 Å². The van der Waals surface area contributed by atoms with E-state index in [9.17, 15) is 5.26 Å². The van der Waals surface area contributed by atoms with Crippen molar-refractivity contribution in [2.75, 3.05) is 0 Å². The zero-order chi connectivity index (χ0) is 43.3. The first kappa shape index (κ1) is 38.0. The number of pyridine rings is 2. The molecule has 0 aliphatic rings. The maximum absolute atomic E-state index is 9.62. The van der Waals surface area contributed by atoms with E-state index in [-0.39, 0.29) is 0 Å². The van der Waals surface area contributed by atoms with Gasteiger partial charge in [0.1, 0.15) is 0 Å². The van der Waals surface area contributed by atoms with Gasteiger partial charge in [-0.2, -0.15) is 5.26 Å². The van der Waals surface area contributed by atoms with E-state index < -0.39 is 0 Å². The summed E-state index contributed by atoms with van der Waals surface area (Å²) < 4.78 is 0. The van der Waals surface area contributed by atoms with Gasteiger partial charge in [0, 0.05) is 43.8 Å². The topological polar surface area (TPSA) is 92.6 Å². The number of nitriles is 1. The van der Waals surface area contributed by atoms with Crippen molar-refractivity contribution in [2.24, 2.45) is 0 Å². The van der Waals surface area contributed by atoms with Crippen LogP contribution in [0.25, 0.3) is 116 Å². The molecule has 3 aromatic heterocycles. The van der Waals surface area contributed by atoms with Crippen molar-refractivity contribution >= 4 is 49.0 Å². The fourth-order valence-corrected chi connectivity index (χ4v) is 9.01. The number of aromatic nitrogens is 5. The van der Waals surface area contributed by atoms with Crippen LogP contribution in [-0.2, 0) is 0 Å². The Labute approximate surface area is 369 Å². The Bertz CT molecular complexity index is 3680. The smallest absolute Gasteiger partial charge is 0.187 e. The molecule has 64 heavy (non-hydrogen) atoms. The predicted octanol–water partition coefficient (Wildman–Crippen LogP) is 14.3. The lowest BCUT2D eigenvalue weighted by atomic mass is 9.85. The summed E-state index contributed by atoms with van der Waals surface area (Å²) in [6, 6.07) is 60.8. The van der Waals surface area contributed by atoms with Gasteiger partial charge in [0.2, 0.25) is 0 Å². The van der Waals surface area contributed by atoms with Crippen LogP contribution in [0.15, 0.2) is 176 Å². The molecule has 0 unspecified atom stereocenters. The third-order valence-electron chi connectivity index (χ3n) is 12.1. The van der Waals surface area contributed by atoms with Gasteiger partial charge in [-0.3, -0.25) is 0 Å². The minimum atomic E-state index is 0.573. The lowest BCUT2D eigenvalue weighted by Gasteiger charge is -2.21. The van der Waals surface area contributed by atoms with E-state index in [2.05, 4.69) is 73.3 Å². The summed E-state index contributed by atoms with van der Waals surface area (Å²) in [6.07, 6.45) is 0. The summed E-state index contributed by atoms with van der Waals surface area (Å²) in [5, 5.41) is 16.0. The van der Waals surface area contributed by atoms with Crippen LogP contribution in [-0.4, -0.2) is 24.9 Å². The average Bonchev–Trinajstić information content (AvgIpc) is 3.37. The van der Waals surface area contributed by atoms with E-state index in [4.69, 9.17) is 31.5 Å². The zero-order valence-corrected chi connectivity index (χ0v) is 34.9. The number of para-hydroxylation sites is 1. The summed E-state index contributed by atoms with van der Waals surface area (Å²) in [6.45, 7) is 12.0. The maximum Gasteiger partial charge on any atom is 0.187 e. The zero-order valence-electron chi connectivity index (χ0n) is 34.9. The molecule has 0 aliphatic heterocycles. The number of nitrogens with zero attached hydrogens (tertiary/aromatic N) is 7. The molecular formula is C57H35N7. The molecule has 8 aromatic carbocycles. The van der Waals surface area contributed by atoms with Gasteiger partial charge in [-0.15, -0.1) is 0 Å². The largest absolute Gasteiger partial charge is 0.247 e. The molecule has 11 aromatic rings. The van der Waals surface area contributed by atoms with E-state index in [0.29, 0.717) is 28.7 Å². The first-order valence-corrected chi connectivity index (χ1v) is 21.0. The molecule has 7 nitrogen and oxygen atoms in total. The van der Waals surface area contributed by atoms with Gasteiger partial charge < -0.3 is 0 Å². The van der Waals surface area contributed by atoms with Crippen molar-refractivity contribution in [3.63, 3.8) is 0 Å². The van der Waals surface area contributed by atoms with Gasteiger partial charge in [-0.25, -0.2) is 29.8 Å². The van der Waals surface area contributed by atoms with Crippen LogP contribution in [0.1, 0.15) is 16.7 Å². The third-order valence-corrected chi connectivity index (χ3v) is 12.1. The Balaban J connectivity index is 1.15. The Hall–Kier alpha value is -8.91. The van der Waals surface area contributed by atoms with Gasteiger partial charge in [-0.05, 0) is 82.8 Å². The van der Waals surface area contributed by atoms with Crippen LogP contribution >= 0.6 is 0 Å². The second-order valence-electron chi connectivity index (χ2n) is 15.9. The number of benzene rings is 8. The van der Waals surface area contributed by atoms with Crippen LogP contribution in [0.2, 0.25) is 0 Å². The van der Waals surface area contributed by atoms with Gasteiger partial charge in [-0.1, -0.05) is 146 Å². The highest BCUT2D eigenvalue weighted by Gasteiger charge is 2.23. The molecule has 0 spiro atoms. The van der Waals surface area contributed by atoms with Crippen LogP contribution < -0.4 is 0 Å². The highest BCUT2D eigenvalue weighted by molar-refractivity contribution is 6.25. The predicted molar refractivity (Wildman–Crippen MR) is 259 cm³/mol. The SMILES string of the molecule is [C-]#[N+]c1ccc(-c2nc3cc(-c4cccc(-c5nc(-c6ccccc6)nc(-c6ccccc6)n5)c4)ccc3c3c(C)c4c(-c5ccc(C#N)cc5)nc5ccccc5c4c(C)c23)cc1. The molecule has 0 fully saturated rings. The Morgan fingerprint density at radius 3 is 1.47 bits per heavy atom. The summed E-state index contributed by atoms with van der Waals surface area (Å²) in [5.41, 5.74) is 13.4. The Morgan fingerprint density at radius 2 is 0.875 bits per heavy atom. The summed E-state index contributed by atoms with van der Waals surface area (Å²) in [5.74, 6) is 1.80. The molecule has 0 amide bonds. The first-order valence-electron chi connectivity index (χ1n) is 21.0. The van der Waals surface area contributed by atoms with Crippen LogP contribution in [0, 0.1) is 31.8 Å². The fourth-order valence-electron chi connectivity index (χ4n) is 9.01. The summed E-state index contributed by atoms with van der Waals surface area (Å²) >= 11 is 0. The van der Waals surface area contributed by atoms with E-state index >= 15 is 0 Å². The number of fused-ring (bicyclic) bond motifs is 6. The number of hydrogen-bond donors (Lipinski definition) is 0. The molecule has 7 heteroatoms. The second kappa shape index (κ2) is 15.5. The van der Waals surface area contributed by atoms with Crippen LogP contribution in [0.5, 0.6) is 0 Å². The normalized spacial score (nSPS) is 11.2. The number of aryl methyl sites for hydroxylation is 2. The van der Waals surface area contributed by atoms with E-state index in [1.54, 1.807) is 0 Å². The van der Waals surface area contributed by atoms with Gasteiger partial charge in [0.15, 0.2) is 23.2 Å². The van der Waals surface area contributed by atoms with Crippen molar-refractivity contribution in [3.05, 3.63) is 204 Å². The molecule has 0 N–H and O–H groups in total. The molecule has 0 bridgehead atoms. The minimum absolute atomic E-state index is 0.573. The lowest BCUT2D eigenvalue weighted by Crippen LogP contribution is -2.00. The molecule has 0 aliphatic carbocycles. The van der Waals surface area contributed by atoms with Gasteiger partial charge in [0.25, 0.3) is 0 Å². The van der Waals surface area contributed by atoms with Gasteiger partial charge in [0.05, 0.1) is 40.6 Å². The molecule has 298 valence electrons. The van der Waals surface area contributed by atoms with Crippen molar-refractivity contribution < 1.29 is 0 Å². The van der Waals surface area contributed by atoms with Crippen LogP contribution in [0.4, 0.5) is 5.69 Å². The molecular weight excluding hydrogens is 783 g/mol. The number of hydrogen-bond acceptors (Lipinski definition) is 6. The molecule has 0 radical (unpaired) electrons. The van der Waals surface area contributed by atoms with E-state index in [1.807, 2.05) is 127 Å². The highest BCUT2D eigenvalue weighted by atomic mass is 15.0. The average molecular weight is 818 g/mol. The Kier molecular flexibility index (Phi) is 9.23. The molecule has 11 rings (SSSR count). The van der Waals surface area contributed by atoms with Gasteiger partial charge >= 0.3 is 0 Å². The summed E-state index contributed by atoms with van der Waals surface area (Å²) in [7, 11) is 0. The van der Waals surface area contributed by atoms with Crippen LogP contribution in [0.3, 0.4) is 0 Å². The first-order chi connectivity index (χ1) is 31.4. The summed E-state index contributed by atoms with van der Waals surface area (Å²) in [4.78, 5) is 29.4.